The van der Waals surface area contributed by atoms with Crippen LogP contribution in [0.1, 0.15) is 44.2 Å². The lowest BCUT2D eigenvalue weighted by molar-refractivity contribution is -0.715. The summed E-state index contributed by atoms with van der Waals surface area (Å²) in [6.07, 6.45) is 7.36. The Morgan fingerprint density at radius 2 is 1.88 bits per heavy atom. The summed E-state index contributed by atoms with van der Waals surface area (Å²) in [6, 6.07) is 9.30. The Balaban J connectivity index is 2.26. The molecule has 16 heavy (non-hydrogen) atoms. The summed E-state index contributed by atoms with van der Waals surface area (Å²) < 4.78 is 2.34. The molecule has 1 fully saturated rings. The second kappa shape index (κ2) is 3.58. The highest BCUT2D eigenvalue weighted by atomic mass is 15.0. The van der Waals surface area contributed by atoms with Crippen LogP contribution in [0.15, 0.2) is 36.7 Å². The van der Waals surface area contributed by atoms with Crippen LogP contribution < -0.4 is 4.57 Å². The molecule has 1 aliphatic carbocycles. The van der Waals surface area contributed by atoms with Crippen LogP contribution in [0.3, 0.4) is 0 Å². The molecule has 2 aromatic rings. The molecule has 0 saturated heterocycles. The maximum atomic E-state index is 2.35. The summed E-state index contributed by atoms with van der Waals surface area (Å²) in [7, 11) is 0. The molecule has 0 N–H and O–H groups in total. The van der Waals surface area contributed by atoms with Gasteiger partial charge in [-0.25, -0.2) is 4.57 Å². The lowest BCUT2D eigenvalue weighted by Crippen LogP contribution is -2.35. The third-order valence-corrected chi connectivity index (χ3v) is 3.46. The van der Waals surface area contributed by atoms with Gasteiger partial charge in [-0.2, -0.15) is 0 Å². The van der Waals surface area contributed by atoms with E-state index in [4.69, 9.17) is 0 Å². The quantitative estimate of drug-likeness (QED) is 0.670. The fourth-order valence-electron chi connectivity index (χ4n) is 2.32. The number of hydrogen-bond donors (Lipinski definition) is 0. The van der Waals surface area contributed by atoms with E-state index in [0.29, 0.717) is 6.04 Å². The van der Waals surface area contributed by atoms with Gasteiger partial charge in [-0.3, -0.25) is 0 Å². The molecule has 0 bridgehead atoms. The van der Waals surface area contributed by atoms with Crippen molar-refractivity contribution in [1.29, 1.82) is 0 Å². The molecule has 1 aromatic heterocycles. The zero-order chi connectivity index (χ0) is 11.1. The van der Waals surface area contributed by atoms with Gasteiger partial charge in [0.2, 0.25) is 0 Å². The Kier molecular flexibility index (Phi) is 2.20. The van der Waals surface area contributed by atoms with Crippen molar-refractivity contribution >= 4 is 10.8 Å². The van der Waals surface area contributed by atoms with Crippen molar-refractivity contribution in [2.75, 3.05) is 0 Å². The summed E-state index contributed by atoms with van der Waals surface area (Å²) in [5, 5.41) is 2.82. The van der Waals surface area contributed by atoms with E-state index in [1.807, 2.05) is 0 Å². The fourth-order valence-corrected chi connectivity index (χ4v) is 2.32. The lowest BCUT2D eigenvalue weighted by atomic mass is 10.0. The number of rotatable bonds is 2. The predicted molar refractivity (Wildman–Crippen MR) is 66.5 cm³/mol. The molecule has 0 atom stereocenters. The number of pyridine rings is 1. The van der Waals surface area contributed by atoms with Crippen molar-refractivity contribution in [2.45, 2.75) is 38.6 Å². The van der Waals surface area contributed by atoms with Crippen molar-refractivity contribution in [3.8, 4) is 0 Å². The predicted octanol–water partition coefficient (Wildman–Crippen LogP) is 3.59. The minimum Gasteiger partial charge on any atom is -0.202 e. The Morgan fingerprint density at radius 1 is 1.12 bits per heavy atom. The van der Waals surface area contributed by atoms with E-state index in [9.17, 15) is 0 Å². The van der Waals surface area contributed by atoms with Crippen LogP contribution >= 0.6 is 0 Å². The van der Waals surface area contributed by atoms with Gasteiger partial charge >= 0.3 is 0 Å². The van der Waals surface area contributed by atoms with Crippen LogP contribution in [0.5, 0.6) is 0 Å². The number of nitrogens with zero attached hydrogens (tertiary/aromatic N) is 1. The smallest absolute Gasteiger partial charge is 0.176 e. The summed E-state index contributed by atoms with van der Waals surface area (Å²) in [4.78, 5) is 0. The topological polar surface area (TPSA) is 3.88 Å². The van der Waals surface area contributed by atoms with Gasteiger partial charge in [0.25, 0.3) is 0 Å². The lowest BCUT2D eigenvalue weighted by Gasteiger charge is -2.07. The first-order valence-corrected chi connectivity index (χ1v) is 6.19. The second-order valence-corrected chi connectivity index (χ2v) is 5.12. The number of benzene rings is 1. The van der Waals surface area contributed by atoms with E-state index in [-0.39, 0.29) is 0 Å². The van der Waals surface area contributed by atoms with Gasteiger partial charge < -0.3 is 0 Å². The van der Waals surface area contributed by atoms with Crippen molar-refractivity contribution in [1.82, 2.24) is 0 Å². The molecular formula is C15H18N+. The van der Waals surface area contributed by atoms with Crippen LogP contribution in [0, 0.1) is 0 Å². The number of fused-ring (bicyclic) bond motifs is 1. The van der Waals surface area contributed by atoms with Crippen molar-refractivity contribution < 1.29 is 4.57 Å². The van der Waals surface area contributed by atoms with E-state index in [1.54, 1.807) is 5.56 Å². The molecule has 1 heteroatoms. The van der Waals surface area contributed by atoms with Gasteiger partial charge in [0.1, 0.15) is 0 Å². The third kappa shape index (κ3) is 1.60. The minimum atomic E-state index is 0.544. The van der Waals surface area contributed by atoms with E-state index < -0.39 is 0 Å². The Morgan fingerprint density at radius 3 is 2.56 bits per heavy atom. The highest BCUT2D eigenvalue weighted by Gasteiger charge is 2.28. The maximum Gasteiger partial charge on any atom is 0.176 e. The van der Waals surface area contributed by atoms with Crippen LogP contribution in [0.2, 0.25) is 0 Å². The van der Waals surface area contributed by atoms with Gasteiger partial charge in [0, 0.05) is 10.9 Å². The third-order valence-electron chi connectivity index (χ3n) is 3.46. The maximum absolute atomic E-state index is 2.35. The molecule has 0 spiro atoms. The van der Waals surface area contributed by atoms with Crippen LogP contribution in [0.25, 0.3) is 10.8 Å². The molecule has 1 heterocycles. The molecule has 3 rings (SSSR count). The molecule has 0 unspecified atom stereocenters. The van der Waals surface area contributed by atoms with Crippen molar-refractivity contribution in [2.24, 2.45) is 0 Å². The average molecular weight is 212 g/mol. The summed E-state index contributed by atoms with van der Waals surface area (Å²) in [5.74, 6) is 0.816. The number of aromatic nitrogens is 1. The van der Waals surface area contributed by atoms with Gasteiger partial charge in [0.15, 0.2) is 18.4 Å². The fraction of sp³-hybridized carbons (Fsp3) is 0.400. The normalized spacial score (nSPS) is 15.9. The molecule has 1 aliphatic rings. The van der Waals surface area contributed by atoms with Crippen molar-refractivity contribution in [3.63, 3.8) is 0 Å². The summed E-state index contributed by atoms with van der Waals surface area (Å²) in [5.41, 5.74) is 1.55. The highest BCUT2D eigenvalue weighted by Crippen LogP contribution is 2.42. The van der Waals surface area contributed by atoms with Crippen LogP contribution in [0.4, 0.5) is 0 Å². The molecule has 1 aromatic carbocycles. The van der Waals surface area contributed by atoms with E-state index in [1.165, 1.54) is 23.6 Å². The van der Waals surface area contributed by atoms with E-state index in [0.717, 1.165) is 5.92 Å². The van der Waals surface area contributed by atoms with Gasteiger partial charge in [-0.15, -0.1) is 0 Å². The molecule has 1 nitrogen and oxygen atoms in total. The summed E-state index contributed by atoms with van der Waals surface area (Å²) >= 11 is 0. The van der Waals surface area contributed by atoms with E-state index in [2.05, 4.69) is 55.1 Å². The number of hydrogen-bond acceptors (Lipinski definition) is 0. The molecule has 82 valence electrons. The van der Waals surface area contributed by atoms with Gasteiger partial charge in [0.05, 0.1) is 0 Å². The largest absolute Gasteiger partial charge is 0.202 e. The van der Waals surface area contributed by atoms with Crippen LogP contribution in [-0.4, -0.2) is 0 Å². The second-order valence-electron chi connectivity index (χ2n) is 5.12. The monoisotopic (exact) mass is 212 g/mol. The molecule has 0 aliphatic heterocycles. The first-order valence-electron chi connectivity index (χ1n) is 6.19. The highest BCUT2D eigenvalue weighted by molar-refractivity contribution is 5.84. The summed E-state index contributed by atoms with van der Waals surface area (Å²) in [6.45, 7) is 4.48. The molecule has 1 saturated carbocycles. The Hall–Kier alpha value is -1.37. The van der Waals surface area contributed by atoms with Crippen molar-refractivity contribution in [3.05, 3.63) is 42.2 Å². The molecule has 0 amide bonds. The molecule has 0 radical (unpaired) electrons. The average Bonchev–Trinajstić information content (AvgIpc) is 3.11. The zero-order valence-corrected chi connectivity index (χ0v) is 9.98. The van der Waals surface area contributed by atoms with Gasteiger partial charge in [-0.05, 0) is 44.1 Å². The first-order chi connectivity index (χ1) is 7.75. The SMILES string of the molecule is CC(C)[n+]1cc(C2CC2)c2ccccc2c1. The standard InChI is InChI=1S/C15H18N/c1-11(2)16-9-13-5-3-4-6-14(13)15(10-16)12-7-8-12/h3-6,9-12H,7-8H2,1-2H3/q+1. The Bertz CT molecular complexity index is 524. The van der Waals surface area contributed by atoms with E-state index >= 15 is 0 Å². The minimum absolute atomic E-state index is 0.544. The van der Waals surface area contributed by atoms with Gasteiger partial charge in [-0.1, -0.05) is 18.2 Å². The zero-order valence-electron chi connectivity index (χ0n) is 9.98. The first kappa shape index (κ1) is 9.83. The molecular weight excluding hydrogens is 194 g/mol. The van der Waals surface area contributed by atoms with Crippen LogP contribution in [-0.2, 0) is 0 Å². The Labute approximate surface area is 96.7 Å².